The van der Waals surface area contributed by atoms with Gasteiger partial charge in [-0.05, 0) is 19.8 Å². The van der Waals surface area contributed by atoms with Gasteiger partial charge in [0.05, 0.1) is 0 Å². The molecule has 62 valence electrons. The van der Waals surface area contributed by atoms with Crippen LogP contribution < -0.4 is 0 Å². The average molecular weight is 152 g/mol. The predicted molar refractivity (Wildman–Crippen MR) is 46.6 cm³/mol. The number of fused-ring (bicyclic) bond motifs is 1. The highest BCUT2D eigenvalue weighted by Crippen LogP contribution is 2.15. The summed E-state index contributed by atoms with van der Waals surface area (Å²) in [4.78, 5) is 4.20. The molecule has 0 aromatic carbocycles. The number of imidazole rings is 1. The molecule has 2 heterocycles. The van der Waals surface area contributed by atoms with E-state index in [2.05, 4.69) is 16.5 Å². The maximum atomic E-state index is 4.20. The van der Waals surface area contributed by atoms with E-state index in [4.69, 9.17) is 0 Å². The zero-order valence-corrected chi connectivity index (χ0v) is 7.59. The summed E-state index contributed by atoms with van der Waals surface area (Å²) < 4.78 is 2.29. The molecule has 0 N–H and O–H groups in total. The first-order valence-electron chi connectivity index (χ1n) is 4.39. The third kappa shape index (κ3) is 1.44. The van der Waals surface area contributed by atoms with Gasteiger partial charge in [-0.2, -0.15) is 0 Å². The Kier molecular flexibility index (Phi) is 2.69. The minimum atomic E-state index is 1.17. The second kappa shape index (κ2) is 3.56. The van der Waals surface area contributed by atoms with Crippen molar-refractivity contribution in [3.8, 4) is 0 Å². The molecule has 0 amide bonds. The molecule has 2 heteroatoms. The third-order valence-electron chi connectivity index (χ3n) is 1.95. The molecule has 1 aliphatic rings. The van der Waals surface area contributed by atoms with Crippen LogP contribution in [0.4, 0.5) is 0 Å². The molecular weight excluding hydrogens is 136 g/mol. The van der Waals surface area contributed by atoms with Crippen LogP contribution in [-0.2, 0) is 13.0 Å². The highest BCUT2D eigenvalue weighted by molar-refractivity contribution is 5.07. The van der Waals surface area contributed by atoms with Crippen LogP contribution in [0, 0.1) is 6.92 Å². The second-order valence-electron chi connectivity index (χ2n) is 2.55. The van der Waals surface area contributed by atoms with Gasteiger partial charge >= 0.3 is 0 Å². The van der Waals surface area contributed by atoms with Crippen molar-refractivity contribution in [2.24, 2.45) is 0 Å². The average Bonchev–Trinajstić information content (AvgIpc) is 2.60. The minimum absolute atomic E-state index is 1.17. The molecule has 2 rings (SSSR count). The molecule has 2 nitrogen and oxygen atoms in total. The first-order chi connectivity index (χ1) is 5.38. The molecule has 11 heavy (non-hydrogen) atoms. The molecule has 0 unspecified atom stereocenters. The summed E-state index contributed by atoms with van der Waals surface area (Å²) in [7, 11) is 0. The molecule has 0 saturated carbocycles. The normalized spacial score (nSPS) is 13.7. The van der Waals surface area contributed by atoms with Crippen molar-refractivity contribution in [1.29, 1.82) is 0 Å². The van der Waals surface area contributed by atoms with Crippen molar-refractivity contribution in [3.63, 3.8) is 0 Å². The smallest absolute Gasteiger partial charge is 0.105 e. The number of rotatable bonds is 0. The van der Waals surface area contributed by atoms with Gasteiger partial charge in [0.1, 0.15) is 5.82 Å². The van der Waals surface area contributed by atoms with E-state index in [0.29, 0.717) is 0 Å². The van der Waals surface area contributed by atoms with Crippen LogP contribution in [0.1, 0.15) is 31.8 Å². The van der Waals surface area contributed by atoms with Crippen molar-refractivity contribution in [2.45, 2.75) is 40.2 Å². The zero-order valence-electron chi connectivity index (χ0n) is 7.59. The summed E-state index contributed by atoms with van der Waals surface area (Å²) in [6.07, 6.45) is 4.52. The maximum Gasteiger partial charge on any atom is 0.105 e. The highest BCUT2D eigenvalue weighted by atomic mass is 15.1. The fraction of sp³-hybridized carbons (Fsp3) is 0.667. The lowest BCUT2D eigenvalue weighted by molar-refractivity contribution is 0.716. The van der Waals surface area contributed by atoms with Gasteiger partial charge in [-0.15, -0.1) is 0 Å². The second-order valence-corrected chi connectivity index (χ2v) is 2.55. The summed E-state index contributed by atoms with van der Waals surface area (Å²) in [5.74, 6) is 1.17. The monoisotopic (exact) mass is 152 g/mol. The van der Waals surface area contributed by atoms with E-state index in [0.717, 1.165) is 0 Å². The van der Waals surface area contributed by atoms with Gasteiger partial charge < -0.3 is 4.57 Å². The van der Waals surface area contributed by atoms with Gasteiger partial charge in [-0.25, -0.2) is 4.98 Å². The number of aryl methyl sites for hydroxylation is 2. The molecule has 0 spiro atoms. The van der Waals surface area contributed by atoms with Gasteiger partial charge in [0.15, 0.2) is 0 Å². The van der Waals surface area contributed by atoms with E-state index in [1.54, 1.807) is 0 Å². The summed E-state index contributed by atoms with van der Waals surface area (Å²) in [5, 5.41) is 0. The van der Waals surface area contributed by atoms with E-state index in [9.17, 15) is 0 Å². The molecule has 0 fully saturated rings. The molecule has 1 aromatic rings. The Labute approximate surface area is 68.3 Å². The lowest BCUT2D eigenvalue weighted by Gasteiger charge is -1.95. The Hall–Kier alpha value is -0.790. The Balaban J connectivity index is 0.000000281. The zero-order chi connectivity index (χ0) is 8.27. The van der Waals surface area contributed by atoms with Crippen LogP contribution in [0.2, 0.25) is 0 Å². The van der Waals surface area contributed by atoms with Gasteiger partial charge in [-0.3, -0.25) is 0 Å². The SMILES string of the molecule is CC.Cc1ncc2n1CCC2. The molecule has 1 aromatic heterocycles. The predicted octanol–water partition coefficient (Wildman–Crippen LogP) is 2.16. The molecule has 0 aliphatic carbocycles. The quantitative estimate of drug-likeness (QED) is 0.557. The standard InChI is InChI=1S/C7H10N2.C2H6/c1-6-8-5-7-3-2-4-9(6)7;1-2/h5H,2-4H2,1H3;1-2H3. The Morgan fingerprint density at radius 2 is 2.18 bits per heavy atom. The Morgan fingerprint density at radius 3 is 2.82 bits per heavy atom. The minimum Gasteiger partial charge on any atom is -0.332 e. The lowest BCUT2D eigenvalue weighted by atomic mass is 10.3. The fourth-order valence-electron chi connectivity index (χ4n) is 1.44. The van der Waals surface area contributed by atoms with Gasteiger partial charge in [-0.1, -0.05) is 13.8 Å². The van der Waals surface area contributed by atoms with Crippen LogP contribution in [0.3, 0.4) is 0 Å². The highest BCUT2D eigenvalue weighted by Gasteiger charge is 2.11. The van der Waals surface area contributed by atoms with Crippen LogP contribution >= 0.6 is 0 Å². The Morgan fingerprint density at radius 1 is 1.45 bits per heavy atom. The van der Waals surface area contributed by atoms with Crippen molar-refractivity contribution in [1.82, 2.24) is 9.55 Å². The Bertz CT molecular complexity index is 225. The maximum absolute atomic E-state index is 4.20. The summed E-state index contributed by atoms with van der Waals surface area (Å²) in [6, 6.07) is 0. The number of hydrogen-bond acceptors (Lipinski definition) is 1. The van der Waals surface area contributed by atoms with E-state index in [1.165, 1.54) is 30.9 Å². The number of aromatic nitrogens is 2. The largest absolute Gasteiger partial charge is 0.332 e. The molecular formula is C9H16N2. The summed E-state index contributed by atoms with van der Waals surface area (Å²) >= 11 is 0. The van der Waals surface area contributed by atoms with Crippen LogP contribution in [-0.4, -0.2) is 9.55 Å². The van der Waals surface area contributed by atoms with Crippen molar-refractivity contribution in [2.75, 3.05) is 0 Å². The van der Waals surface area contributed by atoms with Gasteiger partial charge in [0, 0.05) is 18.4 Å². The first-order valence-corrected chi connectivity index (χ1v) is 4.39. The van der Waals surface area contributed by atoms with E-state index in [-0.39, 0.29) is 0 Å². The fourth-order valence-corrected chi connectivity index (χ4v) is 1.44. The van der Waals surface area contributed by atoms with Gasteiger partial charge in [0.25, 0.3) is 0 Å². The van der Waals surface area contributed by atoms with Crippen molar-refractivity contribution in [3.05, 3.63) is 17.7 Å². The van der Waals surface area contributed by atoms with Crippen LogP contribution in [0.25, 0.3) is 0 Å². The van der Waals surface area contributed by atoms with E-state index in [1.807, 2.05) is 20.0 Å². The van der Waals surface area contributed by atoms with Crippen molar-refractivity contribution < 1.29 is 0 Å². The molecule has 0 radical (unpaired) electrons. The molecule has 0 bridgehead atoms. The third-order valence-corrected chi connectivity index (χ3v) is 1.95. The first kappa shape index (κ1) is 8.31. The van der Waals surface area contributed by atoms with Crippen molar-refractivity contribution >= 4 is 0 Å². The number of hydrogen-bond donors (Lipinski definition) is 0. The van der Waals surface area contributed by atoms with Crippen LogP contribution in [0.5, 0.6) is 0 Å². The molecule has 0 atom stereocenters. The molecule has 1 aliphatic heterocycles. The topological polar surface area (TPSA) is 17.8 Å². The number of nitrogens with zero attached hydrogens (tertiary/aromatic N) is 2. The summed E-state index contributed by atoms with van der Waals surface area (Å²) in [5.41, 5.74) is 1.41. The van der Waals surface area contributed by atoms with E-state index >= 15 is 0 Å². The molecule has 0 saturated heterocycles. The van der Waals surface area contributed by atoms with Gasteiger partial charge in [0.2, 0.25) is 0 Å². The summed E-state index contributed by atoms with van der Waals surface area (Å²) in [6.45, 7) is 7.25. The van der Waals surface area contributed by atoms with Crippen LogP contribution in [0.15, 0.2) is 6.20 Å². The lowest BCUT2D eigenvalue weighted by Crippen LogP contribution is -1.94. The van der Waals surface area contributed by atoms with E-state index < -0.39 is 0 Å².